The molecule has 0 saturated carbocycles. The van der Waals surface area contributed by atoms with Crippen molar-refractivity contribution >= 4 is 21.4 Å². The van der Waals surface area contributed by atoms with E-state index in [0.29, 0.717) is 0 Å². The fourth-order valence-electron chi connectivity index (χ4n) is 1.47. The molecule has 2 aromatic rings. The van der Waals surface area contributed by atoms with Crippen LogP contribution in [-0.2, 0) is 16.6 Å². The van der Waals surface area contributed by atoms with E-state index in [1.165, 1.54) is 18.3 Å². The molecule has 20 heavy (non-hydrogen) atoms. The molecule has 9 nitrogen and oxygen atoms in total. The zero-order chi connectivity index (χ0) is 14.8. The molecule has 0 aliphatic heterocycles. The number of hydrogen-bond donors (Lipinski definition) is 2. The van der Waals surface area contributed by atoms with Crippen LogP contribution in [0.5, 0.6) is 0 Å². The third kappa shape index (κ3) is 2.92. The van der Waals surface area contributed by atoms with Crippen LogP contribution >= 0.6 is 0 Å². The Labute approximate surface area is 113 Å². The molecule has 0 radical (unpaired) electrons. The standard InChI is InChI=1S/C10H10N4O5S/c11-7-1-2-9(14(15)16)10(5-7)20(17,18)13-6-8-3-4-12-19-8/h1-5,13H,6,11H2. The van der Waals surface area contributed by atoms with E-state index in [2.05, 4.69) is 9.88 Å². The van der Waals surface area contributed by atoms with Crippen LogP contribution in [0.2, 0.25) is 0 Å². The normalized spacial score (nSPS) is 11.4. The molecule has 0 bridgehead atoms. The van der Waals surface area contributed by atoms with Gasteiger partial charge in [-0.25, -0.2) is 13.1 Å². The molecule has 1 aromatic heterocycles. The molecule has 0 fully saturated rings. The van der Waals surface area contributed by atoms with Gasteiger partial charge in [-0.05, 0) is 12.1 Å². The summed E-state index contributed by atoms with van der Waals surface area (Å²) in [5, 5.41) is 14.3. The van der Waals surface area contributed by atoms with Gasteiger partial charge in [-0.15, -0.1) is 0 Å². The van der Waals surface area contributed by atoms with Gasteiger partial charge in [0.15, 0.2) is 10.7 Å². The fraction of sp³-hybridized carbons (Fsp3) is 0.100. The molecule has 0 aliphatic rings. The van der Waals surface area contributed by atoms with Crippen molar-refractivity contribution in [1.82, 2.24) is 9.88 Å². The van der Waals surface area contributed by atoms with Gasteiger partial charge in [0.1, 0.15) is 0 Å². The maximum atomic E-state index is 12.1. The summed E-state index contributed by atoms with van der Waals surface area (Å²) in [7, 11) is -4.09. The SMILES string of the molecule is Nc1ccc([N+](=O)[O-])c(S(=O)(=O)NCc2ccno2)c1. The lowest BCUT2D eigenvalue weighted by Gasteiger charge is -2.06. The Kier molecular flexibility index (Phi) is 3.68. The second-order valence-electron chi connectivity index (χ2n) is 3.79. The molecule has 1 aromatic carbocycles. The smallest absolute Gasteiger partial charge is 0.289 e. The van der Waals surface area contributed by atoms with Crippen molar-refractivity contribution in [1.29, 1.82) is 0 Å². The van der Waals surface area contributed by atoms with Crippen molar-refractivity contribution < 1.29 is 17.9 Å². The number of anilines is 1. The van der Waals surface area contributed by atoms with Crippen molar-refractivity contribution in [3.8, 4) is 0 Å². The highest BCUT2D eigenvalue weighted by atomic mass is 32.2. The number of hydrogen-bond acceptors (Lipinski definition) is 7. The van der Waals surface area contributed by atoms with Crippen molar-refractivity contribution in [3.05, 3.63) is 46.3 Å². The van der Waals surface area contributed by atoms with Crippen molar-refractivity contribution in [2.24, 2.45) is 0 Å². The number of nitro groups is 1. The molecule has 0 amide bonds. The van der Waals surface area contributed by atoms with E-state index in [1.807, 2.05) is 0 Å². The molecule has 3 N–H and O–H groups in total. The van der Waals surface area contributed by atoms with Crippen LogP contribution in [0.1, 0.15) is 5.76 Å². The lowest BCUT2D eigenvalue weighted by molar-refractivity contribution is -0.387. The zero-order valence-electron chi connectivity index (χ0n) is 10.0. The number of nitrogens with one attached hydrogen (secondary N) is 1. The van der Waals surface area contributed by atoms with Gasteiger partial charge in [0.25, 0.3) is 5.69 Å². The molecule has 0 aliphatic carbocycles. The highest BCUT2D eigenvalue weighted by Crippen LogP contribution is 2.25. The van der Waals surface area contributed by atoms with Gasteiger partial charge in [0, 0.05) is 17.8 Å². The lowest BCUT2D eigenvalue weighted by Crippen LogP contribution is -2.24. The first-order valence-electron chi connectivity index (χ1n) is 5.33. The predicted octanol–water partition coefficient (Wildman–Crippen LogP) is 0.643. The number of nitrogen functional groups attached to an aromatic ring is 1. The molecule has 0 spiro atoms. The van der Waals surface area contributed by atoms with Crippen LogP contribution in [0, 0.1) is 10.1 Å². The van der Waals surface area contributed by atoms with Crippen LogP contribution < -0.4 is 10.5 Å². The van der Waals surface area contributed by atoms with Crippen molar-refractivity contribution in [2.45, 2.75) is 11.4 Å². The molecule has 2 rings (SSSR count). The average molecular weight is 298 g/mol. The summed E-state index contributed by atoms with van der Waals surface area (Å²) in [6.45, 7) is -0.172. The predicted molar refractivity (Wildman–Crippen MR) is 68.0 cm³/mol. The van der Waals surface area contributed by atoms with Crippen molar-refractivity contribution in [3.63, 3.8) is 0 Å². The van der Waals surface area contributed by atoms with Gasteiger partial charge in [-0.1, -0.05) is 5.16 Å². The van der Waals surface area contributed by atoms with Gasteiger partial charge in [0.2, 0.25) is 10.0 Å². The van der Waals surface area contributed by atoms with Crippen LogP contribution in [0.4, 0.5) is 11.4 Å². The summed E-state index contributed by atoms with van der Waals surface area (Å²) in [4.78, 5) is 9.57. The minimum atomic E-state index is -4.09. The summed E-state index contributed by atoms with van der Waals surface area (Å²) in [6, 6.07) is 4.79. The largest absolute Gasteiger partial charge is 0.399 e. The lowest BCUT2D eigenvalue weighted by atomic mass is 10.3. The molecule has 0 unspecified atom stereocenters. The number of nitrogens with zero attached hydrogens (tertiary/aromatic N) is 2. The number of nitrogens with two attached hydrogens (primary N) is 1. The van der Waals surface area contributed by atoms with Gasteiger partial charge >= 0.3 is 0 Å². The summed E-state index contributed by atoms with van der Waals surface area (Å²) in [5.41, 5.74) is 5.03. The Morgan fingerprint density at radius 2 is 2.15 bits per heavy atom. The third-order valence-electron chi connectivity index (χ3n) is 2.40. The first-order chi connectivity index (χ1) is 9.40. The van der Waals surface area contributed by atoms with Crippen LogP contribution in [0.15, 0.2) is 39.9 Å². The number of benzene rings is 1. The Hall–Kier alpha value is -2.46. The van der Waals surface area contributed by atoms with Crippen LogP contribution in [-0.4, -0.2) is 18.5 Å². The first kappa shape index (κ1) is 14.0. The summed E-state index contributed by atoms with van der Waals surface area (Å²) >= 11 is 0. The molecular formula is C10H10N4O5S. The molecule has 0 saturated heterocycles. The van der Waals surface area contributed by atoms with Crippen LogP contribution in [0.25, 0.3) is 0 Å². The third-order valence-corrected chi connectivity index (χ3v) is 3.83. The number of rotatable bonds is 5. The van der Waals surface area contributed by atoms with E-state index in [0.717, 1.165) is 12.1 Å². The summed E-state index contributed by atoms with van der Waals surface area (Å²) in [5.74, 6) is 0.278. The van der Waals surface area contributed by atoms with E-state index in [-0.39, 0.29) is 18.0 Å². The summed E-state index contributed by atoms with van der Waals surface area (Å²) < 4.78 is 31.1. The molecule has 0 atom stereocenters. The highest BCUT2D eigenvalue weighted by molar-refractivity contribution is 7.89. The van der Waals surface area contributed by atoms with E-state index in [1.54, 1.807) is 0 Å². The van der Waals surface area contributed by atoms with Gasteiger partial charge in [-0.2, -0.15) is 0 Å². The Morgan fingerprint density at radius 3 is 2.75 bits per heavy atom. The van der Waals surface area contributed by atoms with Gasteiger partial charge < -0.3 is 10.3 Å². The van der Waals surface area contributed by atoms with Gasteiger partial charge in [-0.3, -0.25) is 10.1 Å². The number of sulfonamides is 1. The number of aromatic nitrogens is 1. The Morgan fingerprint density at radius 1 is 1.40 bits per heavy atom. The quantitative estimate of drug-likeness (QED) is 0.468. The minimum absolute atomic E-state index is 0.107. The first-order valence-corrected chi connectivity index (χ1v) is 6.81. The summed E-state index contributed by atoms with van der Waals surface area (Å²) in [6.07, 6.45) is 1.35. The van der Waals surface area contributed by atoms with Gasteiger partial charge in [0.05, 0.1) is 17.7 Å². The molecule has 1 heterocycles. The molecular weight excluding hydrogens is 288 g/mol. The second-order valence-corrected chi connectivity index (χ2v) is 5.52. The maximum absolute atomic E-state index is 12.1. The monoisotopic (exact) mass is 298 g/mol. The van der Waals surface area contributed by atoms with E-state index >= 15 is 0 Å². The molecule has 106 valence electrons. The molecule has 10 heteroatoms. The maximum Gasteiger partial charge on any atom is 0.289 e. The highest BCUT2D eigenvalue weighted by Gasteiger charge is 2.26. The minimum Gasteiger partial charge on any atom is -0.399 e. The van der Waals surface area contributed by atoms with Crippen molar-refractivity contribution in [2.75, 3.05) is 5.73 Å². The van der Waals surface area contributed by atoms with E-state index < -0.39 is 25.5 Å². The van der Waals surface area contributed by atoms with Crippen LogP contribution in [0.3, 0.4) is 0 Å². The van der Waals surface area contributed by atoms with E-state index in [9.17, 15) is 18.5 Å². The number of nitro benzene ring substituents is 1. The fourth-order valence-corrected chi connectivity index (χ4v) is 2.67. The van der Waals surface area contributed by atoms with E-state index in [4.69, 9.17) is 10.3 Å². The average Bonchev–Trinajstić information content (AvgIpc) is 2.89. The zero-order valence-corrected chi connectivity index (χ0v) is 10.8. The Balaban J connectivity index is 2.33. The Bertz CT molecular complexity index is 726. The second kappa shape index (κ2) is 5.27. The topological polar surface area (TPSA) is 141 Å².